The second-order valence-corrected chi connectivity index (χ2v) is 3.90. The number of nitrogens with zero attached hydrogens (tertiary/aromatic N) is 1. The second-order valence-electron chi connectivity index (χ2n) is 3.90. The minimum absolute atomic E-state index is 0.183. The fraction of sp³-hybridized carbons (Fsp3) is 0.417. The Kier molecular flexibility index (Phi) is 4.45. The summed E-state index contributed by atoms with van der Waals surface area (Å²) in [6.45, 7) is 0. The van der Waals surface area contributed by atoms with Crippen molar-refractivity contribution in [1.29, 1.82) is 0 Å². The molecule has 17 heavy (non-hydrogen) atoms. The summed E-state index contributed by atoms with van der Waals surface area (Å²) < 4.78 is 18.0. The van der Waals surface area contributed by atoms with Crippen molar-refractivity contribution < 1.29 is 19.0 Å². The quantitative estimate of drug-likeness (QED) is 0.811. The van der Waals surface area contributed by atoms with E-state index in [1.54, 1.807) is 31.1 Å². The van der Waals surface area contributed by atoms with Crippen LogP contribution in [0.4, 0.5) is 10.1 Å². The van der Waals surface area contributed by atoms with Gasteiger partial charge in [0, 0.05) is 14.1 Å². The first kappa shape index (κ1) is 13.4. The Balaban J connectivity index is 2.86. The Labute approximate surface area is 99.6 Å². The Morgan fingerprint density at radius 1 is 1.53 bits per heavy atom. The highest BCUT2D eigenvalue weighted by Crippen LogP contribution is 2.23. The number of halogens is 1. The van der Waals surface area contributed by atoms with Crippen molar-refractivity contribution in [2.45, 2.75) is 12.5 Å². The molecule has 1 rings (SSSR count). The number of carbonyl (C=O) groups excluding carboxylic acids is 1. The molecule has 1 N–H and O–H groups in total. The van der Waals surface area contributed by atoms with Gasteiger partial charge < -0.3 is 14.7 Å². The number of hydrogen-bond acceptors (Lipinski definition) is 4. The molecule has 0 aromatic heterocycles. The standard InChI is InChI=1S/C12H16FNO3/c1-14(2)10-5-4-8(6-9(10)13)11(15)7-12(16)17-3/h4-6,11,15H,7H2,1-3H3/t11-/m0/s1. The molecule has 0 radical (unpaired) electrons. The van der Waals surface area contributed by atoms with Gasteiger partial charge in [0.15, 0.2) is 0 Å². The molecule has 4 nitrogen and oxygen atoms in total. The fourth-order valence-corrected chi connectivity index (χ4v) is 1.45. The van der Waals surface area contributed by atoms with E-state index in [2.05, 4.69) is 4.74 Å². The minimum Gasteiger partial charge on any atom is -0.469 e. The first-order chi connectivity index (χ1) is 7.95. The molecule has 0 unspecified atom stereocenters. The molecule has 0 amide bonds. The van der Waals surface area contributed by atoms with E-state index in [9.17, 15) is 14.3 Å². The molecule has 0 aliphatic rings. The monoisotopic (exact) mass is 241 g/mol. The maximum Gasteiger partial charge on any atom is 0.308 e. The predicted molar refractivity (Wildman–Crippen MR) is 62.3 cm³/mol. The van der Waals surface area contributed by atoms with Crippen molar-refractivity contribution in [1.82, 2.24) is 0 Å². The molecule has 0 saturated carbocycles. The Bertz CT molecular complexity index is 407. The lowest BCUT2D eigenvalue weighted by molar-refractivity contribution is -0.142. The Morgan fingerprint density at radius 3 is 2.65 bits per heavy atom. The van der Waals surface area contributed by atoms with E-state index in [0.717, 1.165) is 0 Å². The third-order valence-corrected chi connectivity index (χ3v) is 2.43. The van der Waals surface area contributed by atoms with Crippen molar-refractivity contribution in [3.05, 3.63) is 29.6 Å². The topological polar surface area (TPSA) is 49.8 Å². The number of hydrogen-bond donors (Lipinski definition) is 1. The molecule has 0 bridgehead atoms. The summed E-state index contributed by atoms with van der Waals surface area (Å²) in [4.78, 5) is 12.6. The summed E-state index contributed by atoms with van der Waals surface area (Å²) in [7, 11) is 4.69. The molecule has 1 atom stereocenters. The van der Waals surface area contributed by atoms with Gasteiger partial charge in [-0.3, -0.25) is 4.79 Å². The van der Waals surface area contributed by atoms with Crippen molar-refractivity contribution in [3.8, 4) is 0 Å². The van der Waals surface area contributed by atoms with E-state index in [1.165, 1.54) is 13.2 Å². The molecule has 94 valence electrons. The molecule has 0 saturated heterocycles. The zero-order valence-electron chi connectivity index (χ0n) is 10.1. The number of esters is 1. The summed E-state index contributed by atoms with van der Waals surface area (Å²) in [5.74, 6) is -0.967. The van der Waals surface area contributed by atoms with Crippen molar-refractivity contribution in [2.75, 3.05) is 26.1 Å². The third kappa shape index (κ3) is 3.42. The highest BCUT2D eigenvalue weighted by atomic mass is 19.1. The number of benzene rings is 1. The van der Waals surface area contributed by atoms with Crippen LogP contribution in [0.5, 0.6) is 0 Å². The molecule has 0 aliphatic carbocycles. The van der Waals surface area contributed by atoms with Gasteiger partial charge >= 0.3 is 5.97 Å². The Morgan fingerprint density at radius 2 is 2.18 bits per heavy atom. The Hall–Kier alpha value is -1.62. The summed E-state index contributed by atoms with van der Waals surface area (Å²) in [6, 6.07) is 4.38. The average Bonchev–Trinajstić information content (AvgIpc) is 2.28. The van der Waals surface area contributed by atoms with Gasteiger partial charge in [0.2, 0.25) is 0 Å². The molecule has 1 aromatic carbocycles. The first-order valence-corrected chi connectivity index (χ1v) is 5.17. The van der Waals surface area contributed by atoms with Crippen molar-refractivity contribution in [3.63, 3.8) is 0 Å². The zero-order valence-corrected chi connectivity index (χ0v) is 10.1. The molecule has 0 aliphatic heterocycles. The lowest BCUT2D eigenvalue weighted by Gasteiger charge is -2.16. The van der Waals surface area contributed by atoms with Gasteiger partial charge in [-0.1, -0.05) is 6.07 Å². The summed E-state index contributed by atoms with van der Waals surface area (Å²) in [6.07, 6.45) is -1.23. The van der Waals surface area contributed by atoms with Crippen LogP contribution in [0.2, 0.25) is 0 Å². The number of anilines is 1. The van der Waals surface area contributed by atoms with Gasteiger partial charge in [-0.15, -0.1) is 0 Å². The van der Waals surface area contributed by atoms with Crippen LogP contribution in [-0.2, 0) is 9.53 Å². The molecular weight excluding hydrogens is 225 g/mol. The van der Waals surface area contributed by atoms with Gasteiger partial charge in [0.25, 0.3) is 0 Å². The summed E-state index contributed by atoms with van der Waals surface area (Å²) >= 11 is 0. The van der Waals surface area contributed by atoms with E-state index in [1.807, 2.05) is 0 Å². The number of aliphatic hydroxyl groups is 1. The van der Waals surface area contributed by atoms with E-state index < -0.39 is 17.9 Å². The van der Waals surface area contributed by atoms with Crippen LogP contribution in [0.1, 0.15) is 18.1 Å². The second kappa shape index (κ2) is 5.63. The van der Waals surface area contributed by atoms with Crippen LogP contribution >= 0.6 is 0 Å². The largest absolute Gasteiger partial charge is 0.469 e. The summed E-state index contributed by atoms with van der Waals surface area (Å²) in [5, 5.41) is 9.69. The molecule has 1 aromatic rings. The van der Waals surface area contributed by atoms with Crippen molar-refractivity contribution >= 4 is 11.7 Å². The van der Waals surface area contributed by atoms with E-state index in [4.69, 9.17) is 0 Å². The zero-order chi connectivity index (χ0) is 13.0. The number of carbonyl (C=O) groups is 1. The van der Waals surface area contributed by atoms with Crippen LogP contribution < -0.4 is 4.90 Å². The minimum atomic E-state index is -1.05. The normalized spacial score (nSPS) is 12.1. The van der Waals surface area contributed by atoms with Gasteiger partial charge in [-0.05, 0) is 17.7 Å². The maximum absolute atomic E-state index is 13.6. The van der Waals surface area contributed by atoms with Gasteiger partial charge in [0.05, 0.1) is 25.3 Å². The molecular formula is C12H16FNO3. The first-order valence-electron chi connectivity index (χ1n) is 5.17. The van der Waals surface area contributed by atoms with Gasteiger partial charge in [-0.2, -0.15) is 0 Å². The summed E-state index contributed by atoms with van der Waals surface area (Å²) in [5.41, 5.74) is 0.789. The van der Waals surface area contributed by atoms with Gasteiger partial charge in [-0.25, -0.2) is 4.39 Å². The molecule has 0 fully saturated rings. The highest BCUT2D eigenvalue weighted by Gasteiger charge is 2.15. The van der Waals surface area contributed by atoms with Crippen LogP contribution in [0, 0.1) is 5.82 Å². The molecule has 5 heteroatoms. The van der Waals surface area contributed by atoms with Crippen LogP contribution in [-0.4, -0.2) is 32.3 Å². The average molecular weight is 241 g/mol. The third-order valence-electron chi connectivity index (χ3n) is 2.43. The highest BCUT2D eigenvalue weighted by molar-refractivity contribution is 5.70. The van der Waals surface area contributed by atoms with Crippen molar-refractivity contribution in [2.24, 2.45) is 0 Å². The number of ether oxygens (including phenoxy) is 1. The molecule has 0 heterocycles. The number of aliphatic hydroxyl groups excluding tert-OH is 1. The van der Waals surface area contributed by atoms with Gasteiger partial charge in [0.1, 0.15) is 5.82 Å². The maximum atomic E-state index is 13.6. The van der Waals surface area contributed by atoms with Crippen LogP contribution in [0.15, 0.2) is 18.2 Å². The lowest BCUT2D eigenvalue weighted by Crippen LogP contribution is -2.12. The van der Waals surface area contributed by atoms with E-state index in [-0.39, 0.29) is 6.42 Å². The van der Waals surface area contributed by atoms with Crippen LogP contribution in [0.3, 0.4) is 0 Å². The fourth-order valence-electron chi connectivity index (χ4n) is 1.45. The smallest absolute Gasteiger partial charge is 0.308 e. The van der Waals surface area contributed by atoms with Crippen LogP contribution in [0.25, 0.3) is 0 Å². The predicted octanol–water partition coefficient (Wildman–Crippen LogP) is 1.49. The lowest BCUT2D eigenvalue weighted by atomic mass is 10.1. The number of rotatable bonds is 4. The molecule has 0 spiro atoms. The van der Waals surface area contributed by atoms with E-state index >= 15 is 0 Å². The SMILES string of the molecule is COC(=O)C[C@H](O)c1ccc(N(C)C)c(F)c1. The van der Waals surface area contributed by atoms with E-state index in [0.29, 0.717) is 11.3 Å². The number of methoxy groups -OCH3 is 1.